The summed E-state index contributed by atoms with van der Waals surface area (Å²) < 4.78 is 5.49. The smallest absolute Gasteiger partial charge is 0.315 e. The highest BCUT2D eigenvalue weighted by atomic mass is 16.5. The largest absolute Gasteiger partial charge is 0.394 e. The predicted molar refractivity (Wildman–Crippen MR) is 80.8 cm³/mol. The molecule has 5 heteroatoms. The molecule has 0 heterocycles. The first kappa shape index (κ1) is 15.8. The third kappa shape index (κ3) is 5.02. The van der Waals surface area contributed by atoms with Crippen LogP contribution in [0.4, 0.5) is 4.79 Å². The van der Waals surface area contributed by atoms with Crippen LogP contribution in [0.5, 0.6) is 0 Å². The zero-order valence-corrected chi connectivity index (χ0v) is 12.5. The third-order valence-electron chi connectivity index (χ3n) is 3.85. The lowest BCUT2D eigenvalue weighted by atomic mass is 9.97. The van der Waals surface area contributed by atoms with Crippen LogP contribution in [0.2, 0.25) is 0 Å². The van der Waals surface area contributed by atoms with Crippen LogP contribution < -0.4 is 10.6 Å². The van der Waals surface area contributed by atoms with Gasteiger partial charge in [0.2, 0.25) is 0 Å². The van der Waals surface area contributed by atoms with Gasteiger partial charge in [0.25, 0.3) is 0 Å². The van der Waals surface area contributed by atoms with Gasteiger partial charge in [0.05, 0.1) is 25.4 Å². The van der Waals surface area contributed by atoms with Crippen molar-refractivity contribution < 1.29 is 14.6 Å². The Balaban J connectivity index is 1.59. The summed E-state index contributed by atoms with van der Waals surface area (Å²) in [6.07, 6.45) is 2.13. The molecule has 0 saturated heterocycles. The Labute approximate surface area is 125 Å². The predicted octanol–water partition coefficient (Wildman–Crippen LogP) is 1.66. The van der Waals surface area contributed by atoms with Gasteiger partial charge in [-0.15, -0.1) is 0 Å². The number of ether oxygens (including phenoxy) is 1. The van der Waals surface area contributed by atoms with E-state index in [4.69, 9.17) is 4.74 Å². The van der Waals surface area contributed by atoms with E-state index >= 15 is 0 Å². The minimum absolute atomic E-state index is 0.0321. The number of aliphatic hydroxyl groups is 1. The number of amides is 2. The average Bonchev–Trinajstić information content (AvgIpc) is 3.33. The van der Waals surface area contributed by atoms with Crippen molar-refractivity contribution >= 4 is 6.03 Å². The molecule has 2 amide bonds. The molecule has 0 aliphatic heterocycles. The van der Waals surface area contributed by atoms with E-state index in [2.05, 4.69) is 10.6 Å². The molecule has 5 nitrogen and oxygen atoms in total. The molecule has 21 heavy (non-hydrogen) atoms. The maximum absolute atomic E-state index is 11.8. The summed E-state index contributed by atoms with van der Waals surface area (Å²) in [5.74, 6) is 0.391. The highest BCUT2D eigenvalue weighted by molar-refractivity contribution is 5.74. The molecule has 0 aromatic heterocycles. The minimum atomic E-state index is -0.505. The Morgan fingerprint density at radius 3 is 2.71 bits per heavy atom. The topological polar surface area (TPSA) is 70.6 Å². The van der Waals surface area contributed by atoms with Gasteiger partial charge < -0.3 is 20.5 Å². The van der Waals surface area contributed by atoms with E-state index < -0.39 is 5.54 Å². The van der Waals surface area contributed by atoms with E-state index in [0.717, 1.165) is 18.4 Å². The van der Waals surface area contributed by atoms with Crippen LogP contribution in [0.15, 0.2) is 30.3 Å². The molecular formula is C16H24N2O3. The highest BCUT2D eigenvalue weighted by Crippen LogP contribution is 2.39. The van der Waals surface area contributed by atoms with Gasteiger partial charge in [0, 0.05) is 6.54 Å². The first-order chi connectivity index (χ1) is 10.1. The number of rotatable bonds is 8. The average molecular weight is 292 g/mol. The second kappa shape index (κ2) is 7.43. The minimum Gasteiger partial charge on any atom is -0.394 e. The van der Waals surface area contributed by atoms with Crippen molar-refractivity contribution in [1.29, 1.82) is 0 Å². The standard InChI is InChI=1S/C16H24N2O3/c1-16(12-19,14-7-8-14)18-15(20)17-9-10-21-11-13-5-3-2-4-6-13/h2-6,14,19H,7-12H2,1H3,(H2,17,18,20). The Morgan fingerprint density at radius 2 is 2.10 bits per heavy atom. The molecule has 1 fully saturated rings. The Bertz CT molecular complexity index is 448. The Hall–Kier alpha value is -1.59. The van der Waals surface area contributed by atoms with Crippen molar-refractivity contribution in [3.8, 4) is 0 Å². The lowest BCUT2D eigenvalue weighted by Crippen LogP contribution is -2.54. The summed E-state index contributed by atoms with van der Waals surface area (Å²) in [6, 6.07) is 9.66. The van der Waals surface area contributed by atoms with Crippen LogP contribution in [0.3, 0.4) is 0 Å². The molecule has 3 N–H and O–H groups in total. The van der Waals surface area contributed by atoms with Crippen LogP contribution in [-0.2, 0) is 11.3 Å². The van der Waals surface area contributed by atoms with Crippen molar-refractivity contribution in [2.45, 2.75) is 31.9 Å². The second-order valence-electron chi connectivity index (χ2n) is 5.77. The van der Waals surface area contributed by atoms with E-state index in [1.165, 1.54) is 0 Å². The van der Waals surface area contributed by atoms with Crippen LogP contribution >= 0.6 is 0 Å². The Morgan fingerprint density at radius 1 is 1.38 bits per heavy atom. The molecule has 0 radical (unpaired) electrons. The van der Waals surface area contributed by atoms with Crippen molar-refractivity contribution in [2.24, 2.45) is 5.92 Å². The third-order valence-corrected chi connectivity index (χ3v) is 3.85. The molecule has 116 valence electrons. The van der Waals surface area contributed by atoms with E-state index in [0.29, 0.717) is 25.7 Å². The molecule has 1 aliphatic rings. The molecule has 1 unspecified atom stereocenters. The fourth-order valence-electron chi connectivity index (χ4n) is 2.30. The quantitative estimate of drug-likeness (QED) is 0.638. The molecular weight excluding hydrogens is 268 g/mol. The maximum Gasteiger partial charge on any atom is 0.315 e. The lowest BCUT2D eigenvalue weighted by molar-refractivity contribution is 0.121. The Kier molecular flexibility index (Phi) is 5.59. The second-order valence-corrected chi connectivity index (χ2v) is 5.77. The molecule has 1 aromatic rings. The summed E-state index contributed by atoms with van der Waals surface area (Å²) >= 11 is 0. The highest BCUT2D eigenvalue weighted by Gasteiger charge is 2.42. The number of carbonyl (C=O) groups excluding carboxylic acids is 1. The van der Waals surface area contributed by atoms with Crippen molar-refractivity contribution in [3.63, 3.8) is 0 Å². The summed E-state index contributed by atoms with van der Waals surface area (Å²) in [5.41, 5.74) is 0.609. The van der Waals surface area contributed by atoms with Gasteiger partial charge in [-0.1, -0.05) is 30.3 Å². The van der Waals surface area contributed by atoms with Gasteiger partial charge in [-0.25, -0.2) is 4.79 Å². The maximum atomic E-state index is 11.8. The van der Waals surface area contributed by atoms with Crippen molar-refractivity contribution in [3.05, 3.63) is 35.9 Å². The SMILES string of the molecule is CC(CO)(NC(=O)NCCOCc1ccccc1)C1CC1. The first-order valence-electron chi connectivity index (χ1n) is 7.42. The number of hydrogen-bond donors (Lipinski definition) is 3. The molecule has 2 rings (SSSR count). The molecule has 1 aromatic carbocycles. The summed E-state index contributed by atoms with van der Waals surface area (Å²) in [6.45, 7) is 3.30. The number of carbonyl (C=O) groups is 1. The zero-order chi connectivity index (χ0) is 15.1. The number of benzene rings is 1. The van der Waals surface area contributed by atoms with Gasteiger partial charge >= 0.3 is 6.03 Å². The fraction of sp³-hybridized carbons (Fsp3) is 0.562. The van der Waals surface area contributed by atoms with Gasteiger partial charge in [0.15, 0.2) is 0 Å². The first-order valence-corrected chi connectivity index (χ1v) is 7.42. The van der Waals surface area contributed by atoms with E-state index in [1.54, 1.807) is 0 Å². The summed E-state index contributed by atoms with van der Waals surface area (Å²) in [5, 5.41) is 15.0. The number of aliphatic hydroxyl groups excluding tert-OH is 1. The fourth-order valence-corrected chi connectivity index (χ4v) is 2.30. The normalized spacial score (nSPS) is 17.0. The summed E-state index contributed by atoms with van der Waals surface area (Å²) in [4.78, 5) is 11.8. The molecule has 1 atom stereocenters. The van der Waals surface area contributed by atoms with Crippen LogP contribution in [0.25, 0.3) is 0 Å². The van der Waals surface area contributed by atoms with Crippen LogP contribution in [0.1, 0.15) is 25.3 Å². The van der Waals surface area contributed by atoms with Crippen molar-refractivity contribution in [1.82, 2.24) is 10.6 Å². The summed E-state index contributed by atoms with van der Waals surface area (Å²) in [7, 11) is 0. The molecule has 1 aliphatic carbocycles. The van der Waals surface area contributed by atoms with Gasteiger partial charge in [-0.3, -0.25) is 0 Å². The molecule has 0 spiro atoms. The lowest BCUT2D eigenvalue weighted by Gasteiger charge is -2.28. The van der Waals surface area contributed by atoms with E-state index in [9.17, 15) is 9.90 Å². The number of hydrogen-bond acceptors (Lipinski definition) is 3. The van der Waals surface area contributed by atoms with Crippen LogP contribution in [0, 0.1) is 5.92 Å². The molecule has 1 saturated carbocycles. The van der Waals surface area contributed by atoms with Gasteiger partial charge in [-0.2, -0.15) is 0 Å². The van der Waals surface area contributed by atoms with E-state index in [-0.39, 0.29) is 12.6 Å². The number of urea groups is 1. The van der Waals surface area contributed by atoms with Crippen LogP contribution in [-0.4, -0.2) is 36.4 Å². The van der Waals surface area contributed by atoms with Crippen molar-refractivity contribution in [2.75, 3.05) is 19.8 Å². The monoisotopic (exact) mass is 292 g/mol. The number of nitrogens with one attached hydrogen (secondary N) is 2. The zero-order valence-electron chi connectivity index (χ0n) is 12.5. The van der Waals surface area contributed by atoms with E-state index in [1.807, 2.05) is 37.3 Å². The van der Waals surface area contributed by atoms with Gasteiger partial charge in [0.1, 0.15) is 0 Å². The molecule has 0 bridgehead atoms. The van der Waals surface area contributed by atoms with Gasteiger partial charge in [-0.05, 0) is 31.2 Å².